The molecule has 3 aromatic rings. The van der Waals surface area contributed by atoms with Crippen molar-refractivity contribution in [3.8, 4) is 0 Å². The highest BCUT2D eigenvalue weighted by molar-refractivity contribution is 7.89. The Morgan fingerprint density at radius 1 is 1.21 bits per heavy atom. The van der Waals surface area contributed by atoms with E-state index < -0.39 is 21.7 Å². The predicted molar refractivity (Wildman–Crippen MR) is 106 cm³/mol. The molecule has 1 heterocycles. The standard InChI is InChI=1S/C19H18ClF2N3O2S/c1-3-25(4-2)28(26,27)13-8-9-16-17(11-13)24-19(23-16)14(20)10-12-6-5-7-15(21)18(12)22/h5-11H,3-4H2,1-2H3,(H,23,24)/b14-10-. The molecule has 28 heavy (non-hydrogen) atoms. The van der Waals surface area contributed by atoms with E-state index in [-0.39, 0.29) is 21.3 Å². The van der Waals surface area contributed by atoms with Crippen LogP contribution in [0.1, 0.15) is 25.2 Å². The Hall–Kier alpha value is -2.29. The maximum atomic E-state index is 13.8. The second kappa shape index (κ2) is 7.98. The van der Waals surface area contributed by atoms with Crippen molar-refractivity contribution < 1.29 is 17.2 Å². The van der Waals surface area contributed by atoms with Gasteiger partial charge in [-0.1, -0.05) is 37.6 Å². The maximum absolute atomic E-state index is 13.8. The summed E-state index contributed by atoms with van der Waals surface area (Å²) in [6.45, 7) is 4.26. The summed E-state index contributed by atoms with van der Waals surface area (Å²) in [6, 6.07) is 8.30. The second-order valence-electron chi connectivity index (χ2n) is 5.99. The molecular formula is C19H18ClF2N3O2S. The molecule has 0 spiro atoms. The van der Waals surface area contributed by atoms with Gasteiger partial charge >= 0.3 is 0 Å². The van der Waals surface area contributed by atoms with Gasteiger partial charge in [0.15, 0.2) is 11.6 Å². The van der Waals surface area contributed by atoms with Crippen LogP contribution < -0.4 is 0 Å². The predicted octanol–water partition coefficient (Wildman–Crippen LogP) is 4.61. The molecule has 0 aliphatic heterocycles. The largest absolute Gasteiger partial charge is 0.337 e. The molecule has 0 saturated carbocycles. The molecule has 2 aromatic carbocycles. The van der Waals surface area contributed by atoms with Crippen LogP contribution >= 0.6 is 11.6 Å². The van der Waals surface area contributed by atoms with Crippen LogP contribution in [0.4, 0.5) is 8.78 Å². The Kier molecular flexibility index (Phi) is 5.83. The number of nitrogens with zero attached hydrogens (tertiary/aromatic N) is 2. The van der Waals surface area contributed by atoms with Crippen LogP contribution in [0.2, 0.25) is 0 Å². The van der Waals surface area contributed by atoms with Gasteiger partial charge in [0, 0.05) is 18.7 Å². The Labute approximate surface area is 166 Å². The van der Waals surface area contributed by atoms with Crippen molar-refractivity contribution in [3.05, 3.63) is 59.4 Å². The normalized spacial score (nSPS) is 12.9. The van der Waals surface area contributed by atoms with Gasteiger partial charge in [0.1, 0.15) is 5.82 Å². The molecule has 0 fully saturated rings. The summed E-state index contributed by atoms with van der Waals surface area (Å²) in [6.07, 6.45) is 1.26. The van der Waals surface area contributed by atoms with E-state index >= 15 is 0 Å². The van der Waals surface area contributed by atoms with E-state index in [9.17, 15) is 17.2 Å². The molecule has 0 unspecified atom stereocenters. The van der Waals surface area contributed by atoms with Gasteiger partial charge < -0.3 is 4.98 Å². The van der Waals surface area contributed by atoms with Crippen molar-refractivity contribution in [3.63, 3.8) is 0 Å². The van der Waals surface area contributed by atoms with Gasteiger partial charge in [0.25, 0.3) is 0 Å². The quantitative estimate of drug-likeness (QED) is 0.627. The fraction of sp³-hybridized carbons (Fsp3) is 0.211. The van der Waals surface area contributed by atoms with Crippen LogP contribution in [0.3, 0.4) is 0 Å². The van der Waals surface area contributed by atoms with Gasteiger partial charge in [0.05, 0.1) is 21.0 Å². The number of nitrogens with one attached hydrogen (secondary N) is 1. The summed E-state index contributed by atoms with van der Waals surface area (Å²) < 4.78 is 53.9. The summed E-state index contributed by atoms with van der Waals surface area (Å²) in [7, 11) is -3.62. The third-order valence-corrected chi connectivity index (χ3v) is 6.62. The summed E-state index contributed by atoms with van der Waals surface area (Å²) in [4.78, 5) is 7.35. The van der Waals surface area contributed by atoms with Crippen molar-refractivity contribution in [2.75, 3.05) is 13.1 Å². The first kappa shape index (κ1) is 20.4. The number of imidazole rings is 1. The molecular weight excluding hydrogens is 408 g/mol. The lowest BCUT2D eigenvalue weighted by molar-refractivity contribution is 0.445. The Morgan fingerprint density at radius 3 is 2.61 bits per heavy atom. The van der Waals surface area contributed by atoms with Crippen LogP contribution in [-0.2, 0) is 10.0 Å². The fourth-order valence-corrected chi connectivity index (χ4v) is 4.50. The van der Waals surface area contributed by atoms with Crippen LogP contribution in [0.5, 0.6) is 0 Å². The summed E-state index contributed by atoms with van der Waals surface area (Å²) in [5.74, 6) is -1.77. The van der Waals surface area contributed by atoms with Gasteiger partial charge in [-0.15, -0.1) is 0 Å². The minimum absolute atomic E-state index is 0.0183. The number of H-pyrrole nitrogens is 1. The topological polar surface area (TPSA) is 66.1 Å². The van der Waals surface area contributed by atoms with E-state index in [0.717, 1.165) is 6.07 Å². The zero-order chi connectivity index (χ0) is 20.5. The van der Waals surface area contributed by atoms with Crippen molar-refractivity contribution >= 4 is 43.8 Å². The Balaban J connectivity index is 2.01. The maximum Gasteiger partial charge on any atom is 0.243 e. The van der Waals surface area contributed by atoms with E-state index in [1.54, 1.807) is 19.9 Å². The van der Waals surface area contributed by atoms with Crippen LogP contribution in [0.15, 0.2) is 41.3 Å². The summed E-state index contributed by atoms with van der Waals surface area (Å²) in [5, 5.41) is 0.0638. The Morgan fingerprint density at radius 2 is 1.93 bits per heavy atom. The summed E-state index contributed by atoms with van der Waals surface area (Å²) in [5.41, 5.74) is 0.949. The third kappa shape index (κ3) is 3.80. The van der Waals surface area contributed by atoms with Crippen LogP contribution in [-0.4, -0.2) is 35.8 Å². The number of fused-ring (bicyclic) bond motifs is 1. The van der Waals surface area contributed by atoms with Crippen molar-refractivity contribution in [2.24, 2.45) is 0 Å². The number of aromatic amines is 1. The van der Waals surface area contributed by atoms with Gasteiger partial charge in [-0.05, 0) is 30.3 Å². The van der Waals surface area contributed by atoms with E-state index in [4.69, 9.17) is 11.6 Å². The molecule has 0 atom stereocenters. The van der Waals surface area contributed by atoms with E-state index in [1.165, 1.54) is 34.6 Å². The number of hydrogen-bond donors (Lipinski definition) is 1. The van der Waals surface area contributed by atoms with Gasteiger partial charge in [-0.25, -0.2) is 22.2 Å². The van der Waals surface area contributed by atoms with Crippen molar-refractivity contribution in [1.82, 2.24) is 14.3 Å². The van der Waals surface area contributed by atoms with Gasteiger partial charge in [-0.2, -0.15) is 4.31 Å². The Bertz CT molecular complexity index is 1160. The first-order valence-electron chi connectivity index (χ1n) is 8.59. The number of rotatable bonds is 6. The number of hydrogen-bond acceptors (Lipinski definition) is 3. The minimum Gasteiger partial charge on any atom is -0.337 e. The number of halogens is 3. The third-order valence-electron chi connectivity index (χ3n) is 4.29. The van der Waals surface area contributed by atoms with Crippen molar-refractivity contribution in [2.45, 2.75) is 18.7 Å². The molecule has 5 nitrogen and oxygen atoms in total. The lowest BCUT2D eigenvalue weighted by atomic mass is 10.2. The lowest BCUT2D eigenvalue weighted by Gasteiger charge is -2.18. The summed E-state index contributed by atoms with van der Waals surface area (Å²) >= 11 is 6.21. The zero-order valence-corrected chi connectivity index (χ0v) is 16.8. The highest BCUT2D eigenvalue weighted by Crippen LogP contribution is 2.26. The number of benzene rings is 2. The molecule has 0 saturated heterocycles. The SMILES string of the molecule is CCN(CC)S(=O)(=O)c1ccc2nc(/C(Cl)=C/c3cccc(F)c3F)[nH]c2c1. The molecule has 9 heteroatoms. The minimum atomic E-state index is -3.62. The highest BCUT2D eigenvalue weighted by Gasteiger charge is 2.22. The first-order chi connectivity index (χ1) is 13.3. The number of aromatic nitrogens is 2. The van der Waals surface area contributed by atoms with Crippen LogP contribution in [0, 0.1) is 11.6 Å². The molecule has 3 rings (SSSR count). The van der Waals surface area contributed by atoms with Crippen molar-refractivity contribution in [1.29, 1.82) is 0 Å². The number of sulfonamides is 1. The second-order valence-corrected chi connectivity index (χ2v) is 8.33. The molecule has 0 radical (unpaired) electrons. The first-order valence-corrected chi connectivity index (χ1v) is 10.4. The van der Waals surface area contributed by atoms with E-state index in [1.807, 2.05) is 0 Å². The van der Waals surface area contributed by atoms with Crippen LogP contribution in [0.25, 0.3) is 22.1 Å². The fourth-order valence-electron chi connectivity index (χ4n) is 2.81. The molecule has 148 valence electrons. The van der Waals surface area contributed by atoms with Gasteiger partial charge in [-0.3, -0.25) is 0 Å². The molecule has 1 aromatic heterocycles. The molecule has 0 aliphatic rings. The van der Waals surface area contributed by atoms with E-state index in [2.05, 4.69) is 9.97 Å². The van der Waals surface area contributed by atoms with Gasteiger partial charge in [0.2, 0.25) is 10.0 Å². The smallest absolute Gasteiger partial charge is 0.243 e. The molecule has 0 bridgehead atoms. The average molecular weight is 426 g/mol. The lowest BCUT2D eigenvalue weighted by Crippen LogP contribution is -2.30. The molecule has 0 amide bonds. The average Bonchev–Trinajstić information content (AvgIpc) is 3.09. The zero-order valence-electron chi connectivity index (χ0n) is 15.2. The monoisotopic (exact) mass is 425 g/mol. The molecule has 1 N–H and O–H groups in total. The molecule has 0 aliphatic carbocycles. The highest BCUT2D eigenvalue weighted by atomic mass is 35.5. The van der Waals surface area contributed by atoms with E-state index in [0.29, 0.717) is 24.1 Å².